The van der Waals surface area contributed by atoms with Crippen LogP contribution in [0.3, 0.4) is 0 Å². The number of amides is 1. The fourth-order valence-electron chi connectivity index (χ4n) is 4.34. The van der Waals surface area contributed by atoms with E-state index in [1.165, 1.54) is 4.90 Å². The number of alkyl halides is 3. The first-order valence-electron chi connectivity index (χ1n) is 9.90. The lowest BCUT2D eigenvalue weighted by molar-refractivity contribution is -0.204. The van der Waals surface area contributed by atoms with Crippen molar-refractivity contribution in [2.24, 2.45) is 0 Å². The van der Waals surface area contributed by atoms with Gasteiger partial charge < -0.3 is 14.5 Å². The predicted octanol–water partition coefficient (Wildman–Crippen LogP) is 4.78. The van der Waals surface area contributed by atoms with Crippen LogP contribution in [0.2, 0.25) is 10.0 Å². The summed E-state index contributed by atoms with van der Waals surface area (Å²) in [7, 11) is 1.96. The number of benzene rings is 2. The maximum Gasteiger partial charge on any atom is 0.490 e. The smallest absolute Gasteiger partial charge is 0.446 e. The monoisotopic (exact) mass is 486 g/mol. The standard InChI is InChI=1S/C22H19Cl2F3N2O3/c1-28-10-15(14-8-12(23)9-17(24)16(14)11-28)13-4-2-3-5-18(13)29-7-6-19(20(29)30)32-21(31)22(25,26)27/h2-5,8-9,15,19H,6-7,10-11H2,1H3/t15-,19?/m0/s1. The summed E-state index contributed by atoms with van der Waals surface area (Å²) in [5.74, 6) is -3.21. The first kappa shape index (κ1) is 22.9. The zero-order valence-corrected chi connectivity index (χ0v) is 18.5. The third kappa shape index (κ3) is 4.31. The summed E-state index contributed by atoms with van der Waals surface area (Å²) in [6, 6.07) is 10.7. The van der Waals surface area contributed by atoms with Crippen molar-refractivity contribution in [1.29, 1.82) is 0 Å². The zero-order chi connectivity index (χ0) is 23.2. The van der Waals surface area contributed by atoms with Gasteiger partial charge in [-0.25, -0.2) is 4.79 Å². The van der Waals surface area contributed by atoms with E-state index in [-0.39, 0.29) is 18.9 Å². The Balaban J connectivity index is 1.68. The second kappa shape index (κ2) is 8.57. The van der Waals surface area contributed by atoms with Gasteiger partial charge in [-0.3, -0.25) is 4.79 Å². The molecule has 0 bridgehead atoms. The van der Waals surface area contributed by atoms with E-state index < -0.39 is 24.2 Å². The van der Waals surface area contributed by atoms with Crippen molar-refractivity contribution in [3.63, 3.8) is 0 Å². The lowest BCUT2D eigenvalue weighted by Gasteiger charge is -2.35. The van der Waals surface area contributed by atoms with Crippen LogP contribution in [0.4, 0.5) is 18.9 Å². The average Bonchev–Trinajstić information content (AvgIpc) is 3.07. The summed E-state index contributed by atoms with van der Waals surface area (Å²) in [5.41, 5.74) is 3.26. The van der Waals surface area contributed by atoms with Crippen LogP contribution >= 0.6 is 23.2 Å². The number of carbonyl (C=O) groups excluding carboxylic acids is 2. The van der Waals surface area contributed by atoms with Crippen LogP contribution in [0.15, 0.2) is 36.4 Å². The van der Waals surface area contributed by atoms with Gasteiger partial charge in [0.1, 0.15) is 0 Å². The minimum Gasteiger partial charge on any atom is -0.446 e. The predicted molar refractivity (Wildman–Crippen MR) is 114 cm³/mol. The molecule has 1 unspecified atom stereocenters. The maximum atomic E-state index is 12.9. The number of halogens is 5. The molecule has 0 aromatic heterocycles. The Bertz CT molecular complexity index is 1080. The topological polar surface area (TPSA) is 49.9 Å². The Labute approximate surface area is 192 Å². The molecule has 0 spiro atoms. The van der Waals surface area contributed by atoms with Gasteiger partial charge in [-0.05, 0) is 41.9 Å². The van der Waals surface area contributed by atoms with Gasteiger partial charge in [-0.15, -0.1) is 0 Å². The number of esters is 1. The molecule has 1 amide bonds. The molecule has 170 valence electrons. The first-order valence-corrected chi connectivity index (χ1v) is 10.7. The molecule has 4 rings (SSSR count). The number of rotatable bonds is 3. The SMILES string of the molecule is CN1Cc2c(Cl)cc(Cl)cc2[C@H](c2ccccc2N2CCC(OC(=O)C(F)(F)F)C2=O)C1. The van der Waals surface area contributed by atoms with E-state index in [2.05, 4.69) is 9.64 Å². The van der Waals surface area contributed by atoms with Crippen molar-refractivity contribution < 1.29 is 27.5 Å². The van der Waals surface area contributed by atoms with Gasteiger partial charge in [-0.2, -0.15) is 13.2 Å². The molecule has 0 saturated carbocycles. The van der Waals surface area contributed by atoms with E-state index in [9.17, 15) is 22.8 Å². The average molecular weight is 487 g/mol. The molecule has 0 N–H and O–H groups in total. The number of anilines is 1. The van der Waals surface area contributed by atoms with E-state index in [0.717, 1.165) is 16.7 Å². The van der Waals surface area contributed by atoms with E-state index in [1.807, 2.05) is 25.2 Å². The highest BCUT2D eigenvalue weighted by Crippen LogP contribution is 2.42. The van der Waals surface area contributed by atoms with Gasteiger partial charge >= 0.3 is 12.1 Å². The molecule has 10 heteroatoms. The molecular formula is C22H19Cl2F3N2O3. The molecule has 2 aromatic carbocycles. The summed E-state index contributed by atoms with van der Waals surface area (Å²) >= 11 is 12.7. The van der Waals surface area contributed by atoms with Crippen molar-refractivity contribution in [3.8, 4) is 0 Å². The van der Waals surface area contributed by atoms with Crippen molar-refractivity contribution in [2.75, 3.05) is 25.0 Å². The minimum atomic E-state index is -5.15. The van der Waals surface area contributed by atoms with Gasteiger partial charge in [0.25, 0.3) is 5.91 Å². The number of hydrogen-bond donors (Lipinski definition) is 0. The van der Waals surface area contributed by atoms with Crippen LogP contribution in [0.25, 0.3) is 0 Å². The van der Waals surface area contributed by atoms with Crippen LogP contribution in [0, 0.1) is 0 Å². The third-order valence-corrected chi connectivity index (χ3v) is 6.29. The fraction of sp³-hybridized carbons (Fsp3) is 0.364. The number of carbonyl (C=O) groups is 2. The molecule has 2 heterocycles. The molecule has 2 aromatic rings. The number of nitrogens with zero attached hydrogens (tertiary/aromatic N) is 2. The van der Waals surface area contributed by atoms with E-state index >= 15 is 0 Å². The second-order valence-corrected chi connectivity index (χ2v) is 8.78. The third-order valence-electron chi connectivity index (χ3n) is 5.73. The van der Waals surface area contributed by atoms with Gasteiger partial charge in [0.05, 0.1) is 0 Å². The number of hydrogen-bond acceptors (Lipinski definition) is 4. The Kier molecular flexibility index (Phi) is 6.13. The highest BCUT2D eigenvalue weighted by Gasteiger charge is 2.46. The number of fused-ring (bicyclic) bond motifs is 1. The molecule has 2 aliphatic heterocycles. The molecule has 2 aliphatic rings. The summed E-state index contributed by atoms with van der Waals surface area (Å²) in [5, 5.41) is 1.05. The van der Waals surface area contributed by atoms with E-state index in [1.54, 1.807) is 18.2 Å². The van der Waals surface area contributed by atoms with Crippen molar-refractivity contribution in [2.45, 2.75) is 31.2 Å². The van der Waals surface area contributed by atoms with E-state index in [0.29, 0.717) is 28.8 Å². The lowest BCUT2D eigenvalue weighted by atomic mass is 9.83. The Morgan fingerprint density at radius 1 is 1.16 bits per heavy atom. The van der Waals surface area contributed by atoms with Crippen LogP contribution in [0.5, 0.6) is 0 Å². The Morgan fingerprint density at radius 3 is 2.59 bits per heavy atom. The molecule has 2 atom stereocenters. The molecular weight excluding hydrogens is 468 g/mol. The molecule has 1 saturated heterocycles. The fourth-order valence-corrected chi connectivity index (χ4v) is 4.91. The summed E-state index contributed by atoms with van der Waals surface area (Å²) < 4.78 is 42.2. The number of para-hydroxylation sites is 1. The summed E-state index contributed by atoms with van der Waals surface area (Å²) in [6.07, 6.45) is -6.64. The van der Waals surface area contributed by atoms with Crippen LogP contribution < -0.4 is 4.90 Å². The van der Waals surface area contributed by atoms with Crippen LogP contribution in [0.1, 0.15) is 29.0 Å². The molecule has 1 fully saturated rings. The zero-order valence-electron chi connectivity index (χ0n) is 17.0. The van der Waals surface area contributed by atoms with Crippen molar-refractivity contribution in [3.05, 3.63) is 63.1 Å². The van der Waals surface area contributed by atoms with Gasteiger partial charge in [-0.1, -0.05) is 41.4 Å². The summed E-state index contributed by atoms with van der Waals surface area (Å²) in [4.78, 5) is 27.5. The molecule has 32 heavy (non-hydrogen) atoms. The maximum absolute atomic E-state index is 12.9. The number of likely N-dealkylation sites (N-methyl/N-ethyl adjacent to an activating group) is 1. The van der Waals surface area contributed by atoms with E-state index in [4.69, 9.17) is 23.2 Å². The minimum absolute atomic E-state index is 0.0200. The molecule has 0 radical (unpaired) electrons. The van der Waals surface area contributed by atoms with Gasteiger partial charge in [0, 0.05) is 47.7 Å². The lowest BCUT2D eigenvalue weighted by Crippen LogP contribution is -2.37. The molecule has 5 nitrogen and oxygen atoms in total. The largest absolute Gasteiger partial charge is 0.490 e. The highest BCUT2D eigenvalue weighted by atomic mass is 35.5. The first-order chi connectivity index (χ1) is 15.1. The van der Waals surface area contributed by atoms with Crippen LogP contribution in [-0.4, -0.2) is 49.2 Å². The Morgan fingerprint density at radius 2 is 1.88 bits per heavy atom. The van der Waals surface area contributed by atoms with Crippen LogP contribution in [-0.2, 0) is 20.9 Å². The quantitative estimate of drug-likeness (QED) is 0.585. The molecule has 0 aliphatic carbocycles. The van der Waals surface area contributed by atoms with Crippen molar-refractivity contribution >= 4 is 40.8 Å². The second-order valence-electron chi connectivity index (χ2n) is 7.93. The van der Waals surface area contributed by atoms with Gasteiger partial charge in [0.15, 0.2) is 6.10 Å². The highest BCUT2D eigenvalue weighted by molar-refractivity contribution is 6.35. The van der Waals surface area contributed by atoms with Gasteiger partial charge in [0.2, 0.25) is 0 Å². The normalized spacial score (nSPS) is 21.6. The Hall–Kier alpha value is -2.29. The van der Waals surface area contributed by atoms with Crippen molar-refractivity contribution in [1.82, 2.24) is 4.90 Å². The number of ether oxygens (including phenoxy) is 1. The summed E-state index contributed by atoms with van der Waals surface area (Å²) in [6.45, 7) is 1.41.